The van der Waals surface area contributed by atoms with Crippen LogP contribution in [0.1, 0.15) is 5.69 Å². The summed E-state index contributed by atoms with van der Waals surface area (Å²) in [6, 6.07) is 12.5. The second-order valence-electron chi connectivity index (χ2n) is 7.24. The van der Waals surface area contributed by atoms with E-state index >= 15 is 0 Å². The first kappa shape index (κ1) is 20.7. The topological polar surface area (TPSA) is 52.7 Å². The first-order valence-electron chi connectivity index (χ1n) is 9.60. The van der Waals surface area contributed by atoms with Gasteiger partial charge in [-0.1, -0.05) is 23.4 Å². The highest BCUT2D eigenvalue weighted by molar-refractivity contribution is 7.99. The number of aryl methyl sites for hydroxylation is 2. The molecule has 5 aromatic rings. The van der Waals surface area contributed by atoms with Gasteiger partial charge in [0.1, 0.15) is 0 Å². The Labute approximate surface area is 190 Å². The minimum absolute atomic E-state index is 0.260. The molecule has 0 unspecified atom stereocenters. The van der Waals surface area contributed by atoms with Crippen molar-refractivity contribution in [3.8, 4) is 5.69 Å². The fourth-order valence-electron chi connectivity index (χ4n) is 3.73. The number of hydrogen-bond acceptors (Lipinski definition) is 4. The first-order chi connectivity index (χ1) is 15.3. The van der Waals surface area contributed by atoms with Crippen LogP contribution < -0.4 is 5.56 Å². The Balaban J connectivity index is 1.82. The number of halogens is 3. The second-order valence-corrected chi connectivity index (χ2v) is 8.72. The quantitative estimate of drug-likeness (QED) is 0.342. The summed E-state index contributed by atoms with van der Waals surface area (Å²) in [7, 11) is 1.78. The van der Waals surface area contributed by atoms with Crippen LogP contribution in [0.25, 0.3) is 27.6 Å². The van der Waals surface area contributed by atoms with Gasteiger partial charge in [-0.25, -0.2) is 13.8 Å². The zero-order valence-corrected chi connectivity index (χ0v) is 18.5. The number of fused-ring (bicyclic) bond motifs is 3. The highest BCUT2D eigenvalue weighted by Crippen LogP contribution is 2.33. The van der Waals surface area contributed by atoms with E-state index in [4.69, 9.17) is 11.6 Å². The van der Waals surface area contributed by atoms with E-state index in [1.807, 2.05) is 19.1 Å². The molecule has 0 amide bonds. The van der Waals surface area contributed by atoms with Crippen molar-refractivity contribution in [1.82, 2.24) is 19.1 Å². The van der Waals surface area contributed by atoms with Gasteiger partial charge >= 0.3 is 0 Å². The second kappa shape index (κ2) is 7.72. The van der Waals surface area contributed by atoms with E-state index in [-0.39, 0.29) is 11.1 Å². The number of pyridine rings is 2. The molecule has 0 saturated carbocycles. The summed E-state index contributed by atoms with van der Waals surface area (Å²) in [4.78, 5) is 23.0. The van der Waals surface area contributed by atoms with Crippen molar-refractivity contribution in [3.05, 3.63) is 87.4 Å². The number of hydrogen-bond donors (Lipinski definition) is 0. The zero-order chi connectivity index (χ0) is 22.6. The van der Waals surface area contributed by atoms with Crippen LogP contribution in [-0.2, 0) is 7.05 Å². The van der Waals surface area contributed by atoms with Gasteiger partial charge in [0.05, 0.1) is 22.4 Å². The molecule has 3 heterocycles. The van der Waals surface area contributed by atoms with Crippen molar-refractivity contribution in [2.75, 3.05) is 0 Å². The van der Waals surface area contributed by atoms with E-state index in [1.165, 1.54) is 6.07 Å². The summed E-state index contributed by atoms with van der Waals surface area (Å²) in [5, 5.41) is 1.74. The van der Waals surface area contributed by atoms with E-state index < -0.39 is 11.6 Å². The van der Waals surface area contributed by atoms with Gasteiger partial charge in [0, 0.05) is 28.5 Å². The molecule has 9 heteroatoms. The Bertz CT molecular complexity index is 1600. The number of imidazole rings is 1. The molecule has 5 nitrogen and oxygen atoms in total. The van der Waals surface area contributed by atoms with Crippen LogP contribution >= 0.6 is 23.4 Å². The van der Waals surface area contributed by atoms with Crippen LogP contribution in [0.2, 0.25) is 5.02 Å². The fraction of sp³-hybridized carbons (Fsp3) is 0.0870. The van der Waals surface area contributed by atoms with Crippen LogP contribution in [0.15, 0.2) is 69.6 Å². The molecule has 0 aliphatic rings. The van der Waals surface area contributed by atoms with E-state index in [9.17, 15) is 13.6 Å². The molecule has 0 saturated heterocycles. The predicted molar refractivity (Wildman–Crippen MR) is 122 cm³/mol. The van der Waals surface area contributed by atoms with Crippen molar-refractivity contribution < 1.29 is 8.78 Å². The van der Waals surface area contributed by atoms with Gasteiger partial charge in [0.15, 0.2) is 22.3 Å². The average Bonchev–Trinajstić information content (AvgIpc) is 3.09. The SMILES string of the molecule is Cc1ncccc1-n1c(=O)c2nc(Sc3ccc(F)c(F)c3)n(C)c2c2ccc(Cl)cc21. The number of benzene rings is 2. The maximum Gasteiger partial charge on any atom is 0.283 e. The molecule has 0 atom stereocenters. The number of aromatic nitrogens is 4. The third-order valence-electron chi connectivity index (χ3n) is 5.24. The predicted octanol–water partition coefficient (Wildman–Crippen LogP) is 5.66. The van der Waals surface area contributed by atoms with Gasteiger partial charge in [-0.05, 0) is 55.5 Å². The zero-order valence-electron chi connectivity index (χ0n) is 16.9. The highest BCUT2D eigenvalue weighted by Gasteiger charge is 2.20. The van der Waals surface area contributed by atoms with E-state index in [2.05, 4.69) is 9.97 Å². The smallest absolute Gasteiger partial charge is 0.283 e. The van der Waals surface area contributed by atoms with Crippen LogP contribution in [-0.4, -0.2) is 19.1 Å². The Kier molecular flexibility index (Phi) is 4.98. The molecule has 3 aromatic heterocycles. The lowest BCUT2D eigenvalue weighted by molar-refractivity contribution is 0.506. The molecule has 0 N–H and O–H groups in total. The van der Waals surface area contributed by atoms with Crippen molar-refractivity contribution in [2.24, 2.45) is 7.05 Å². The summed E-state index contributed by atoms with van der Waals surface area (Å²) in [5.74, 6) is -1.86. The Morgan fingerprint density at radius 1 is 1.06 bits per heavy atom. The van der Waals surface area contributed by atoms with Crippen LogP contribution in [0.5, 0.6) is 0 Å². The summed E-state index contributed by atoms with van der Waals surface area (Å²) in [5.41, 5.74) is 2.51. The normalized spacial score (nSPS) is 11.5. The molecular formula is C23H15ClF2N4OS. The summed E-state index contributed by atoms with van der Waals surface area (Å²) < 4.78 is 30.3. The lowest BCUT2D eigenvalue weighted by Gasteiger charge is -2.13. The Morgan fingerprint density at radius 2 is 1.88 bits per heavy atom. The molecule has 0 aliphatic carbocycles. The monoisotopic (exact) mass is 468 g/mol. The van der Waals surface area contributed by atoms with Crippen LogP contribution in [0.4, 0.5) is 8.78 Å². The molecule has 0 bridgehead atoms. The lowest BCUT2D eigenvalue weighted by atomic mass is 10.1. The van der Waals surface area contributed by atoms with Crippen molar-refractivity contribution in [1.29, 1.82) is 0 Å². The van der Waals surface area contributed by atoms with Crippen molar-refractivity contribution in [3.63, 3.8) is 0 Å². The van der Waals surface area contributed by atoms with E-state index in [0.717, 1.165) is 29.3 Å². The maximum atomic E-state index is 13.7. The van der Waals surface area contributed by atoms with Crippen molar-refractivity contribution in [2.45, 2.75) is 17.0 Å². The van der Waals surface area contributed by atoms with Gasteiger partial charge in [0.25, 0.3) is 5.56 Å². The number of rotatable bonds is 3. The third kappa shape index (κ3) is 3.27. The third-order valence-corrected chi connectivity index (χ3v) is 6.51. The molecule has 32 heavy (non-hydrogen) atoms. The highest BCUT2D eigenvalue weighted by atomic mass is 35.5. The molecule has 0 aliphatic heterocycles. The maximum absolute atomic E-state index is 13.7. The summed E-state index contributed by atoms with van der Waals surface area (Å²) in [6.45, 7) is 1.82. The minimum atomic E-state index is -0.941. The van der Waals surface area contributed by atoms with Gasteiger partial charge in [0.2, 0.25) is 0 Å². The van der Waals surface area contributed by atoms with E-state index in [0.29, 0.717) is 37.5 Å². The molecule has 0 spiro atoms. The molecule has 0 fully saturated rings. The average molecular weight is 469 g/mol. The van der Waals surface area contributed by atoms with E-state index in [1.54, 1.807) is 40.6 Å². The molecule has 2 aromatic carbocycles. The summed E-state index contributed by atoms with van der Waals surface area (Å²) >= 11 is 7.42. The van der Waals surface area contributed by atoms with Gasteiger partial charge in [-0.2, -0.15) is 0 Å². The summed E-state index contributed by atoms with van der Waals surface area (Å²) in [6.07, 6.45) is 1.66. The minimum Gasteiger partial charge on any atom is -0.321 e. The van der Waals surface area contributed by atoms with Gasteiger partial charge in [-0.3, -0.25) is 14.3 Å². The number of nitrogens with zero attached hydrogens (tertiary/aromatic N) is 4. The molecule has 5 rings (SSSR count). The van der Waals surface area contributed by atoms with Gasteiger partial charge < -0.3 is 4.57 Å². The first-order valence-corrected chi connectivity index (χ1v) is 10.8. The van der Waals surface area contributed by atoms with Gasteiger partial charge in [-0.15, -0.1) is 0 Å². The fourth-order valence-corrected chi connectivity index (χ4v) is 4.77. The van der Waals surface area contributed by atoms with Crippen LogP contribution in [0, 0.1) is 18.6 Å². The molecule has 160 valence electrons. The molecule has 0 radical (unpaired) electrons. The Hall–Kier alpha value is -3.23. The van der Waals surface area contributed by atoms with Crippen molar-refractivity contribution >= 4 is 45.3 Å². The van der Waals surface area contributed by atoms with Crippen LogP contribution in [0.3, 0.4) is 0 Å². The Morgan fingerprint density at radius 3 is 2.62 bits per heavy atom. The lowest BCUT2D eigenvalue weighted by Crippen LogP contribution is -2.20. The largest absolute Gasteiger partial charge is 0.321 e. The standard InChI is InChI=1S/C23H15ClF2N4OS/c1-12-18(4-3-9-27-12)30-19-10-13(24)5-7-15(19)21-20(22(30)31)28-23(29(21)2)32-14-6-8-16(25)17(26)11-14/h3-11H,1-2H3. The molecular weight excluding hydrogens is 454 g/mol.